The highest BCUT2D eigenvalue weighted by atomic mass is 15.1. The monoisotopic (exact) mass is 391 g/mol. The van der Waals surface area contributed by atoms with E-state index in [-0.39, 0.29) is 0 Å². The molecule has 144 valence electrons. The highest BCUT2D eigenvalue weighted by molar-refractivity contribution is 5.98. The van der Waals surface area contributed by atoms with E-state index in [1.807, 2.05) is 54.3 Å². The molecule has 0 aliphatic heterocycles. The molecule has 6 rings (SSSR count). The number of pyridine rings is 2. The van der Waals surface area contributed by atoms with E-state index in [0.29, 0.717) is 0 Å². The molecule has 5 heterocycles. The fourth-order valence-corrected chi connectivity index (χ4v) is 3.83. The van der Waals surface area contributed by atoms with E-state index in [1.165, 1.54) is 0 Å². The summed E-state index contributed by atoms with van der Waals surface area (Å²) in [5.41, 5.74) is 7.53. The molecule has 0 saturated carbocycles. The number of fused-ring (bicyclic) bond motifs is 2. The molecule has 1 aromatic carbocycles. The first kappa shape index (κ1) is 16.7. The van der Waals surface area contributed by atoms with Crippen LogP contribution in [0.25, 0.3) is 50.3 Å². The minimum Gasteiger partial charge on any atom is -0.338 e. The maximum atomic E-state index is 4.58. The highest BCUT2D eigenvalue weighted by Gasteiger charge is 2.15. The molecule has 5 aromatic heterocycles. The van der Waals surface area contributed by atoms with Gasteiger partial charge in [-0.05, 0) is 43.3 Å². The van der Waals surface area contributed by atoms with E-state index < -0.39 is 0 Å². The molecule has 6 aromatic rings. The number of nitrogens with zero attached hydrogens (tertiary/aromatic N) is 5. The molecule has 0 aliphatic rings. The van der Waals surface area contributed by atoms with Gasteiger partial charge in [-0.1, -0.05) is 12.1 Å². The maximum Gasteiger partial charge on any atom is 0.139 e. The predicted molar refractivity (Wildman–Crippen MR) is 116 cm³/mol. The van der Waals surface area contributed by atoms with Crippen molar-refractivity contribution in [3.05, 3.63) is 79.1 Å². The van der Waals surface area contributed by atoms with Gasteiger partial charge in [-0.2, -0.15) is 5.10 Å². The second kappa shape index (κ2) is 6.38. The van der Waals surface area contributed by atoms with Gasteiger partial charge in [0, 0.05) is 34.9 Å². The third kappa shape index (κ3) is 2.60. The second-order valence-electron chi connectivity index (χ2n) is 7.25. The third-order valence-corrected chi connectivity index (χ3v) is 5.28. The molecule has 0 unspecified atom stereocenters. The first-order valence-corrected chi connectivity index (χ1v) is 9.65. The molecule has 0 radical (unpaired) electrons. The van der Waals surface area contributed by atoms with Crippen molar-refractivity contribution >= 4 is 21.9 Å². The molecule has 0 saturated heterocycles. The van der Waals surface area contributed by atoms with Crippen molar-refractivity contribution in [2.45, 2.75) is 6.92 Å². The molecular formula is C23H17N7. The fraction of sp³-hybridized carbons (Fsp3) is 0.0435. The number of aryl methyl sites for hydroxylation is 1. The van der Waals surface area contributed by atoms with Crippen LogP contribution in [-0.4, -0.2) is 34.7 Å². The summed E-state index contributed by atoms with van der Waals surface area (Å²) in [5.74, 6) is 0. The van der Waals surface area contributed by atoms with Crippen molar-refractivity contribution in [1.82, 2.24) is 34.7 Å². The van der Waals surface area contributed by atoms with Crippen molar-refractivity contribution in [1.29, 1.82) is 0 Å². The standard InChI is InChI=1S/C23H17N7/c1-14-12-30(13-26-14)21-7-9-25-23-17(21)11-20(27-23)22-16-10-15(5-6-19(16)28-29-22)18-4-2-3-8-24-18/h2-13H,1H3,(H,25,27)(H,28,29). The number of aromatic amines is 2. The maximum absolute atomic E-state index is 4.58. The normalized spacial score (nSPS) is 11.5. The van der Waals surface area contributed by atoms with Gasteiger partial charge in [0.15, 0.2) is 0 Å². The molecule has 0 aliphatic carbocycles. The van der Waals surface area contributed by atoms with Gasteiger partial charge in [0.25, 0.3) is 0 Å². The largest absolute Gasteiger partial charge is 0.338 e. The number of hydrogen-bond donors (Lipinski definition) is 2. The van der Waals surface area contributed by atoms with Crippen molar-refractivity contribution in [2.24, 2.45) is 0 Å². The zero-order valence-electron chi connectivity index (χ0n) is 16.2. The molecule has 7 nitrogen and oxygen atoms in total. The number of nitrogens with one attached hydrogen (secondary N) is 2. The zero-order valence-corrected chi connectivity index (χ0v) is 16.2. The van der Waals surface area contributed by atoms with Gasteiger partial charge in [-0.3, -0.25) is 10.1 Å². The molecule has 30 heavy (non-hydrogen) atoms. The van der Waals surface area contributed by atoms with E-state index >= 15 is 0 Å². The third-order valence-electron chi connectivity index (χ3n) is 5.28. The smallest absolute Gasteiger partial charge is 0.139 e. The lowest BCUT2D eigenvalue weighted by atomic mass is 10.1. The number of imidazole rings is 1. The Morgan fingerprint density at radius 1 is 0.900 bits per heavy atom. The summed E-state index contributed by atoms with van der Waals surface area (Å²) in [4.78, 5) is 16.7. The van der Waals surface area contributed by atoms with E-state index in [1.54, 1.807) is 12.4 Å². The van der Waals surface area contributed by atoms with Crippen LogP contribution in [0, 0.1) is 6.92 Å². The second-order valence-corrected chi connectivity index (χ2v) is 7.25. The van der Waals surface area contributed by atoms with E-state index in [4.69, 9.17) is 0 Å². The number of benzene rings is 1. The van der Waals surface area contributed by atoms with Crippen LogP contribution in [0.5, 0.6) is 0 Å². The van der Waals surface area contributed by atoms with Crippen molar-refractivity contribution < 1.29 is 0 Å². The highest BCUT2D eigenvalue weighted by Crippen LogP contribution is 2.32. The lowest BCUT2D eigenvalue weighted by Gasteiger charge is -2.02. The first-order chi connectivity index (χ1) is 14.8. The molecule has 0 fully saturated rings. The summed E-state index contributed by atoms with van der Waals surface area (Å²) in [5, 5.41) is 9.76. The number of H-pyrrole nitrogens is 2. The lowest BCUT2D eigenvalue weighted by Crippen LogP contribution is -1.91. The van der Waals surface area contributed by atoms with E-state index in [2.05, 4.69) is 48.3 Å². The number of rotatable bonds is 3. The van der Waals surface area contributed by atoms with Gasteiger partial charge < -0.3 is 9.55 Å². The number of aromatic nitrogens is 7. The van der Waals surface area contributed by atoms with Crippen LogP contribution in [0.2, 0.25) is 0 Å². The summed E-state index contributed by atoms with van der Waals surface area (Å²) >= 11 is 0. The van der Waals surface area contributed by atoms with E-state index in [0.717, 1.165) is 56.0 Å². The summed E-state index contributed by atoms with van der Waals surface area (Å²) < 4.78 is 2.01. The molecule has 0 spiro atoms. The van der Waals surface area contributed by atoms with Crippen LogP contribution in [0.15, 0.2) is 73.4 Å². The molecule has 0 atom stereocenters. The summed E-state index contributed by atoms with van der Waals surface area (Å²) in [7, 11) is 0. The minimum atomic E-state index is 0.811. The minimum absolute atomic E-state index is 0.811. The molecule has 7 heteroatoms. The van der Waals surface area contributed by atoms with Crippen molar-refractivity contribution in [2.75, 3.05) is 0 Å². The Morgan fingerprint density at radius 2 is 1.87 bits per heavy atom. The van der Waals surface area contributed by atoms with Crippen molar-refractivity contribution in [3.63, 3.8) is 0 Å². The van der Waals surface area contributed by atoms with Gasteiger partial charge in [0.05, 0.1) is 34.6 Å². The average molecular weight is 391 g/mol. The van der Waals surface area contributed by atoms with Gasteiger partial charge in [-0.15, -0.1) is 0 Å². The Kier molecular flexibility index (Phi) is 3.55. The Labute approximate surface area is 171 Å². The SMILES string of the molecule is Cc1cn(-c2ccnc3[nH]c(-c4n[nH]c5ccc(-c6ccccn6)cc45)cc23)cn1. The topological polar surface area (TPSA) is 88.1 Å². The summed E-state index contributed by atoms with van der Waals surface area (Å²) in [6.45, 7) is 1.98. The van der Waals surface area contributed by atoms with Crippen LogP contribution < -0.4 is 0 Å². The summed E-state index contributed by atoms with van der Waals surface area (Å²) in [6.07, 6.45) is 7.43. The average Bonchev–Trinajstić information content (AvgIpc) is 3.51. The van der Waals surface area contributed by atoms with Gasteiger partial charge >= 0.3 is 0 Å². The molecule has 2 N–H and O–H groups in total. The summed E-state index contributed by atoms with van der Waals surface area (Å²) in [6, 6.07) is 16.2. The van der Waals surface area contributed by atoms with Gasteiger partial charge in [0.2, 0.25) is 0 Å². The van der Waals surface area contributed by atoms with Crippen molar-refractivity contribution in [3.8, 4) is 28.3 Å². The molecular weight excluding hydrogens is 374 g/mol. The van der Waals surface area contributed by atoms with E-state index in [9.17, 15) is 0 Å². The molecule has 0 bridgehead atoms. The fourth-order valence-electron chi connectivity index (χ4n) is 3.83. The quantitative estimate of drug-likeness (QED) is 0.459. The Hall–Kier alpha value is -4.26. The first-order valence-electron chi connectivity index (χ1n) is 9.65. The Morgan fingerprint density at radius 3 is 2.70 bits per heavy atom. The van der Waals surface area contributed by atoms with Crippen LogP contribution in [0.1, 0.15) is 5.69 Å². The molecule has 0 amide bonds. The number of hydrogen-bond acceptors (Lipinski definition) is 4. The Bertz CT molecular complexity index is 1510. The Balaban J connectivity index is 1.52. The lowest BCUT2D eigenvalue weighted by molar-refractivity contribution is 1.06. The van der Waals surface area contributed by atoms with Crippen LogP contribution >= 0.6 is 0 Å². The van der Waals surface area contributed by atoms with Gasteiger partial charge in [0.1, 0.15) is 11.3 Å². The van der Waals surface area contributed by atoms with Crippen LogP contribution in [0.4, 0.5) is 0 Å². The predicted octanol–water partition coefficient (Wildman–Crippen LogP) is 4.66. The van der Waals surface area contributed by atoms with Crippen LogP contribution in [-0.2, 0) is 0 Å². The zero-order chi connectivity index (χ0) is 20.1. The van der Waals surface area contributed by atoms with Gasteiger partial charge in [-0.25, -0.2) is 9.97 Å². The van der Waals surface area contributed by atoms with Crippen LogP contribution in [0.3, 0.4) is 0 Å².